The molecule has 2 amide bonds. The maximum absolute atomic E-state index is 13.1. The van der Waals surface area contributed by atoms with Crippen LogP contribution in [0, 0.1) is 5.41 Å². The second kappa shape index (κ2) is 6.72. The number of aromatic nitrogens is 3. The number of likely N-dealkylation sites (tertiary alicyclic amines) is 1. The number of fused-ring (bicyclic) bond motifs is 2. The molecule has 148 valence electrons. The molecule has 0 aromatic carbocycles. The van der Waals surface area contributed by atoms with Crippen molar-refractivity contribution in [2.75, 3.05) is 18.0 Å². The number of hydrogen-bond acceptors (Lipinski definition) is 4. The normalized spacial score (nSPS) is 19.0. The first-order chi connectivity index (χ1) is 13.3. The molecule has 2 aliphatic rings. The molecule has 0 unspecified atom stereocenters. The van der Waals surface area contributed by atoms with Crippen LogP contribution >= 0.6 is 0 Å². The second-order valence-corrected chi connectivity index (χ2v) is 8.88. The third-order valence-corrected chi connectivity index (χ3v) is 5.84. The second-order valence-electron chi connectivity index (χ2n) is 8.88. The summed E-state index contributed by atoms with van der Waals surface area (Å²) in [6.45, 7) is 7.68. The molecule has 7 nitrogen and oxygen atoms in total. The standard InChI is InChI=1S/C21H27N5O2/c1-20(2,3)19(28)24-12-7-21(8-13-24)14-18(27)25(17-6-11-23-26(17)21)15-16-4-9-22-10-5-16/h4-6,9-11H,7-8,12-15H2,1-3H3. The van der Waals surface area contributed by atoms with E-state index < -0.39 is 0 Å². The topological polar surface area (TPSA) is 71.3 Å². The molecule has 0 atom stereocenters. The lowest BCUT2D eigenvalue weighted by molar-refractivity contribution is -0.142. The predicted octanol–water partition coefficient (Wildman–Crippen LogP) is 2.58. The van der Waals surface area contributed by atoms with Gasteiger partial charge in [0.25, 0.3) is 0 Å². The SMILES string of the molecule is CC(C)(C)C(=O)N1CCC2(CC1)CC(=O)N(Cc1ccncc1)c1ccnn12. The molecule has 0 N–H and O–H groups in total. The number of carbonyl (C=O) groups excluding carboxylic acids is 2. The lowest BCUT2D eigenvalue weighted by Gasteiger charge is -2.47. The monoisotopic (exact) mass is 381 g/mol. The van der Waals surface area contributed by atoms with Crippen LogP contribution in [0.4, 0.5) is 5.82 Å². The van der Waals surface area contributed by atoms with E-state index in [2.05, 4.69) is 10.1 Å². The van der Waals surface area contributed by atoms with Crippen LogP contribution in [-0.2, 0) is 21.7 Å². The van der Waals surface area contributed by atoms with Gasteiger partial charge in [-0.15, -0.1) is 0 Å². The van der Waals surface area contributed by atoms with Gasteiger partial charge in [-0.05, 0) is 30.5 Å². The number of anilines is 1. The van der Waals surface area contributed by atoms with Gasteiger partial charge in [0.05, 0.1) is 24.7 Å². The maximum Gasteiger partial charge on any atom is 0.230 e. The minimum Gasteiger partial charge on any atom is -0.342 e. The largest absolute Gasteiger partial charge is 0.342 e. The molecule has 1 spiro atoms. The number of piperidine rings is 1. The van der Waals surface area contributed by atoms with Crippen molar-refractivity contribution < 1.29 is 9.59 Å². The molecular formula is C21H27N5O2. The molecule has 1 fully saturated rings. The van der Waals surface area contributed by atoms with E-state index in [1.54, 1.807) is 23.5 Å². The Morgan fingerprint density at radius 2 is 1.79 bits per heavy atom. The van der Waals surface area contributed by atoms with Crippen molar-refractivity contribution in [1.82, 2.24) is 19.7 Å². The van der Waals surface area contributed by atoms with Crippen molar-refractivity contribution in [2.24, 2.45) is 5.41 Å². The first-order valence-electron chi connectivity index (χ1n) is 9.83. The Morgan fingerprint density at radius 1 is 1.11 bits per heavy atom. The molecule has 0 aliphatic carbocycles. The van der Waals surface area contributed by atoms with E-state index in [1.807, 2.05) is 48.6 Å². The quantitative estimate of drug-likeness (QED) is 0.802. The number of pyridine rings is 1. The van der Waals surface area contributed by atoms with Crippen LogP contribution in [0.2, 0.25) is 0 Å². The summed E-state index contributed by atoms with van der Waals surface area (Å²) in [7, 11) is 0. The Hall–Kier alpha value is -2.70. The average Bonchev–Trinajstić information content (AvgIpc) is 3.16. The van der Waals surface area contributed by atoms with Gasteiger partial charge in [0.1, 0.15) is 5.82 Å². The van der Waals surface area contributed by atoms with Crippen molar-refractivity contribution in [3.63, 3.8) is 0 Å². The van der Waals surface area contributed by atoms with Gasteiger partial charge in [0, 0.05) is 37.0 Å². The average molecular weight is 381 g/mol. The Balaban J connectivity index is 1.57. The third kappa shape index (κ3) is 3.19. The summed E-state index contributed by atoms with van der Waals surface area (Å²) in [4.78, 5) is 33.5. The number of rotatable bonds is 2. The highest BCUT2D eigenvalue weighted by Crippen LogP contribution is 2.41. The molecule has 0 bridgehead atoms. The number of amides is 2. The van der Waals surface area contributed by atoms with Crippen molar-refractivity contribution in [3.8, 4) is 0 Å². The van der Waals surface area contributed by atoms with Gasteiger partial charge in [-0.2, -0.15) is 5.10 Å². The van der Waals surface area contributed by atoms with Crippen LogP contribution in [0.3, 0.4) is 0 Å². The molecule has 2 aromatic heterocycles. The van der Waals surface area contributed by atoms with Gasteiger partial charge >= 0.3 is 0 Å². The highest BCUT2D eigenvalue weighted by atomic mass is 16.2. The summed E-state index contributed by atoms with van der Waals surface area (Å²) in [5, 5.41) is 4.59. The Morgan fingerprint density at radius 3 is 2.43 bits per heavy atom. The minimum atomic E-state index is -0.384. The van der Waals surface area contributed by atoms with Crippen molar-refractivity contribution in [2.45, 2.75) is 52.1 Å². The number of carbonyl (C=O) groups is 2. The molecule has 4 heterocycles. The molecule has 28 heavy (non-hydrogen) atoms. The van der Waals surface area contributed by atoms with Crippen LogP contribution in [0.1, 0.15) is 45.6 Å². The highest BCUT2D eigenvalue weighted by molar-refractivity contribution is 5.94. The van der Waals surface area contributed by atoms with Crippen LogP contribution in [-0.4, -0.2) is 44.6 Å². The maximum atomic E-state index is 13.1. The fraction of sp³-hybridized carbons (Fsp3) is 0.524. The van der Waals surface area contributed by atoms with Gasteiger partial charge in [0.15, 0.2) is 0 Å². The molecule has 2 aliphatic heterocycles. The van der Waals surface area contributed by atoms with E-state index in [4.69, 9.17) is 0 Å². The first-order valence-corrected chi connectivity index (χ1v) is 9.83. The first kappa shape index (κ1) is 18.7. The van der Waals surface area contributed by atoms with E-state index in [1.165, 1.54) is 0 Å². The Bertz CT molecular complexity index is 876. The third-order valence-electron chi connectivity index (χ3n) is 5.84. The van der Waals surface area contributed by atoms with Crippen LogP contribution < -0.4 is 4.90 Å². The fourth-order valence-electron chi connectivity index (χ4n) is 4.27. The van der Waals surface area contributed by atoms with Crippen LogP contribution in [0.15, 0.2) is 36.8 Å². The van der Waals surface area contributed by atoms with E-state index >= 15 is 0 Å². The summed E-state index contributed by atoms with van der Waals surface area (Å²) in [5.41, 5.74) is 0.322. The highest BCUT2D eigenvalue weighted by Gasteiger charge is 2.46. The molecule has 2 aromatic rings. The summed E-state index contributed by atoms with van der Waals surface area (Å²) >= 11 is 0. The summed E-state index contributed by atoms with van der Waals surface area (Å²) in [6, 6.07) is 5.76. The van der Waals surface area contributed by atoms with E-state index in [0.29, 0.717) is 26.1 Å². The number of hydrogen-bond donors (Lipinski definition) is 0. The molecular weight excluding hydrogens is 354 g/mol. The smallest absolute Gasteiger partial charge is 0.230 e. The molecule has 7 heteroatoms. The molecule has 0 saturated carbocycles. The van der Waals surface area contributed by atoms with Gasteiger partial charge in [-0.25, -0.2) is 4.68 Å². The zero-order valence-corrected chi connectivity index (χ0v) is 16.8. The van der Waals surface area contributed by atoms with Crippen LogP contribution in [0.25, 0.3) is 0 Å². The Labute approximate surface area is 165 Å². The van der Waals surface area contributed by atoms with Crippen molar-refractivity contribution >= 4 is 17.6 Å². The lowest BCUT2D eigenvalue weighted by Crippen LogP contribution is -2.55. The van der Waals surface area contributed by atoms with Gasteiger partial charge in [-0.3, -0.25) is 19.5 Å². The summed E-state index contributed by atoms with van der Waals surface area (Å²) in [5.74, 6) is 1.12. The van der Waals surface area contributed by atoms with Crippen molar-refractivity contribution in [3.05, 3.63) is 42.4 Å². The molecule has 0 radical (unpaired) electrons. The predicted molar refractivity (Wildman–Crippen MR) is 106 cm³/mol. The summed E-state index contributed by atoms with van der Waals surface area (Å²) < 4.78 is 2.02. The van der Waals surface area contributed by atoms with Gasteiger partial charge in [-0.1, -0.05) is 20.8 Å². The molecule has 4 rings (SSSR count). The zero-order chi connectivity index (χ0) is 19.9. The Kier molecular flexibility index (Phi) is 4.48. The lowest BCUT2D eigenvalue weighted by atomic mass is 9.81. The van der Waals surface area contributed by atoms with Gasteiger partial charge in [0.2, 0.25) is 11.8 Å². The number of nitrogens with zero attached hydrogens (tertiary/aromatic N) is 5. The van der Waals surface area contributed by atoms with E-state index in [0.717, 1.165) is 24.2 Å². The zero-order valence-electron chi connectivity index (χ0n) is 16.8. The van der Waals surface area contributed by atoms with E-state index in [9.17, 15) is 9.59 Å². The van der Waals surface area contributed by atoms with Crippen LogP contribution in [0.5, 0.6) is 0 Å². The van der Waals surface area contributed by atoms with E-state index in [-0.39, 0.29) is 22.8 Å². The summed E-state index contributed by atoms with van der Waals surface area (Å²) in [6.07, 6.45) is 7.16. The van der Waals surface area contributed by atoms with Gasteiger partial charge < -0.3 is 4.90 Å². The fourth-order valence-corrected chi connectivity index (χ4v) is 4.27. The minimum absolute atomic E-state index is 0.111. The molecule has 1 saturated heterocycles. The van der Waals surface area contributed by atoms with Crippen molar-refractivity contribution in [1.29, 1.82) is 0 Å².